The number of rotatable bonds is 5. The van der Waals surface area contributed by atoms with E-state index in [0.717, 1.165) is 33.2 Å². The first-order valence-electron chi connectivity index (χ1n) is 19.6. The van der Waals surface area contributed by atoms with Crippen molar-refractivity contribution in [1.82, 2.24) is 19.5 Å². The third kappa shape index (κ3) is 4.60. The highest BCUT2D eigenvalue weighted by Gasteiger charge is 2.19. The molecule has 0 unspecified atom stereocenters. The highest BCUT2D eigenvalue weighted by molar-refractivity contribution is 6.13. The van der Waals surface area contributed by atoms with Gasteiger partial charge < -0.3 is 8.98 Å². The van der Waals surface area contributed by atoms with E-state index in [1.54, 1.807) is 10.6 Å². The van der Waals surface area contributed by atoms with Crippen molar-refractivity contribution in [1.29, 1.82) is 0 Å². The van der Waals surface area contributed by atoms with E-state index < -0.39 is 12.1 Å². The smallest absolute Gasteiger partial charge is 0.164 e. The summed E-state index contributed by atoms with van der Waals surface area (Å²) >= 11 is 0. The Labute approximate surface area is 297 Å². The van der Waals surface area contributed by atoms with Crippen LogP contribution in [-0.2, 0) is 0 Å². The molecule has 5 heteroatoms. The van der Waals surface area contributed by atoms with Gasteiger partial charge in [0.25, 0.3) is 0 Å². The second-order valence-corrected chi connectivity index (χ2v) is 11.9. The molecule has 3 aromatic heterocycles. The second kappa shape index (κ2) is 11.4. The van der Waals surface area contributed by atoms with Gasteiger partial charge in [-0.25, -0.2) is 15.0 Å². The maximum Gasteiger partial charge on any atom is 0.164 e. The molecule has 5 nitrogen and oxygen atoms in total. The summed E-state index contributed by atoms with van der Waals surface area (Å²) in [6, 6.07) is 38.4. The average molecular weight is 648 g/mol. The maximum atomic E-state index is 8.96. The Balaban J connectivity index is 1.17. The van der Waals surface area contributed by atoms with Crippen molar-refractivity contribution in [2.45, 2.75) is 0 Å². The Kier molecular flexibility index (Phi) is 4.99. The van der Waals surface area contributed by atoms with E-state index in [1.807, 2.05) is 91.0 Å². The molecule has 0 aliphatic heterocycles. The van der Waals surface area contributed by atoms with Crippen LogP contribution in [0, 0.1) is 0 Å². The van der Waals surface area contributed by atoms with E-state index in [0.29, 0.717) is 39.7 Å². The summed E-state index contributed by atoms with van der Waals surface area (Å²) in [5.74, 6) is 1.50. The van der Waals surface area contributed by atoms with Crippen LogP contribution in [0.2, 0.25) is 0 Å². The van der Waals surface area contributed by atoms with Crippen LogP contribution in [-0.4, -0.2) is 19.5 Å². The summed E-state index contributed by atoms with van der Waals surface area (Å²) in [5, 5.41) is 1.65. The summed E-state index contributed by atoms with van der Waals surface area (Å²) in [7, 11) is 0. The molecular weight excluding hydrogens is 613 g/mol. The summed E-state index contributed by atoms with van der Waals surface area (Å²) < 4.78 is 68.9. The van der Waals surface area contributed by atoms with Crippen LogP contribution in [0.25, 0.3) is 94.7 Å². The van der Waals surface area contributed by atoms with E-state index in [9.17, 15) is 0 Å². The number of benzene rings is 7. The van der Waals surface area contributed by atoms with Crippen molar-refractivity contribution in [2.75, 3.05) is 0 Å². The van der Waals surface area contributed by atoms with Crippen molar-refractivity contribution in [3.8, 4) is 51.0 Å². The molecule has 10 rings (SSSR count). The van der Waals surface area contributed by atoms with Gasteiger partial charge in [-0.15, -0.1) is 0 Å². The number of fused-ring (bicyclic) bond motifs is 6. The van der Waals surface area contributed by atoms with Crippen LogP contribution in [0.15, 0.2) is 174 Å². The van der Waals surface area contributed by atoms with E-state index in [2.05, 4.69) is 24.3 Å². The van der Waals surface area contributed by atoms with Crippen LogP contribution in [0.5, 0.6) is 0 Å². The third-order valence-electron chi connectivity index (χ3n) is 8.97. The SMILES string of the molecule is [2H]c1cc([2H])c2c(c1[2H])c1c([2H])c([2H])c([2H])c([2H])c1n2-c1cccc2c1oc1ccc(-c3nc(-c4ccccc4)nc(-c4ccc(-c5ccccc5)cc4)n3)cc12. The van der Waals surface area contributed by atoms with Crippen LogP contribution < -0.4 is 0 Å². The molecule has 0 saturated heterocycles. The van der Waals surface area contributed by atoms with Gasteiger partial charge in [0.1, 0.15) is 5.58 Å². The zero-order chi connectivity index (χ0) is 39.1. The quantitative estimate of drug-likeness (QED) is 0.186. The highest BCUT2D eigenvalue weighted by atomic mass is 16.3. The second-order valence-electron chi connectivity index (χ2n) is 11.9. The molecular formula is C45H28N4O. The lowest BCUT2D eigenvalue weighted by atomic mass is 10.0. The molecule has 234 valence electrons. The Morgan fingerprint density at radius 3 is 1.78 bits per heavy atom. The first kappa shape index (κ1) is 21.9. The van der Waals surface area contributed by atoms with E-state index >= 15 is 0 Å². The van der Waals surface area contributed by atoms with Crippen molar-refractivity contribution in [2.24, 2.45) is 0 Å². The topological polar surface area (TPSA) is 56.7 Å². The van der Waals surface area contributed by atoms with E-state index in [1.165, 1.54) is 6.07 Å². The number of para-hydroxylation sites is 3. The molecule has 0 spiro atoms. The van der Waals surface area contributed by atoms with Crippen molar-refractivity contribution >= 4 is 43.7 Å². The van der Waals surface area contributed by atoms with E-state index in [4.69, 9.17) is 29.0 Å². The minimum Gasteiger partial charge on any atom is -0.454 e. The van der Waals surface area contributed by atoms with Crippen molar-refractivity contribution in [3.05, 3.63) is 170 Å². The molecule has 0 saturated carbocycles. The van der Waals surface area contributed by atoms with Crippen LogP contribution in [0.4, 0.5) is 0 Å². The van der Waals surface area contributed by atoms with Crippen LogP contribution in [0.1, 0.15) is 9.60 Å². The van der Waals surface area contributed by atoms with Crippen LogP contribution in [0.3, 0.4) is 0 Å². The molecule has 0 radical (unpaired) electrons. The Bertz CT molecular complexity index is 3260. The van der Waals surface area contributed by atoms with Crippen molar-refractivity contribution < 1.29 is 14.0 Å². The summed E-state index contributed by atoms with van der Waals surface area (Å²) in [6.07, 6.45) is 0. The van der Waals surface area contributed by atoms with E-state index in [-0.39, 0.29) is 52.0 Å². The fourth-order valence-electron chi connectivity index (χ4n) is 6.60. The van der Waals surface area contributed by atoms with Gasteiger partial charge >= 0.3 is 0 Å². The van der Waals surface area contributed by atoms with Gasteiger partial charge in [0.05, 0.1) is 26.3 Å². The Morgan fingerprint density at radius 2 is 1.02 bits per heavy atom. The van der Waals surface area contributed by atoms with Gasteiger partial charge in [-0.3, -0.25) is 0 Å². The summed E-state index contributed by atoms with van der Waals surface area (Å²) in [6.45, 7) is 0. The lowest BCUT2D eigenvalue weighted by molar-refractivity contribution is 0.666. The van der Waals surface area contributed by atoms with Gasteiger partial charge in [-0.05, 0) is 47.5 Å². The highest BCUT2D eigenvalue weighted by Crippen LogP contribution is 2.39. The summed E-state index contributed by atoms with van der Waals surface area (Å²) in [4.78, 5) is 14.8. The zero-order valence-electron chi connectivity index (χ0n) is 33.3. The largest absolute Gasteiger partial charge is 0.454 e. The molecule has 10 aromatic rings. The predicted molar refractivity (Wildman–Crippen MR) is 203 cm³/mol. The molecule has 0 aliphatic rings. The number of hydrogen-bond donors (Lipinski definition) is 0. The normalized spacial score (nSPS) is 13.6. The van der Waals surface area contributed by atoms with Gasteiger partial charge in [-0.1, -0.05) is 133 Å². The van der Waals surface area contributed by atoms with Gasteiger partial charge in [0.2, 0.25) is 0 Å². The van der Waals surface area contributed by atoms with Crippen LogP contribution >= 0.6 is 0 Å². The fraction of sp³-hybridized carbons (Fsp3) is 0. The molecule has 0 atom stereocenters. The molecule has 50 heavy (non-hydrogen) atoms. The molecule has 3 heterocycles. The zero-order valence-corrected chi connectivity index (χ0v) is 26.3. The maximum absolute atomic E-state index is 8.96. The standard InChI is InChI=1S/C45H28N4O/c1-3-12-29(13-4-1)30-22-24-32(25-23-30)44-46-43(31-14-5-2-6-15-31)47-45(48-44)33-26-27-41-37(28-33)36-18-11-21-40(42(36)50-41)49-38-19-9-7-16-34(38)35-17-8-10-20-39(35)49/h1-28H/i7D,8D,9D,16D,17D,19D,20D. The average Bonchev–Trinajstić information content (AvgIpc) is 3.82. The first-order valence-corrected chi connectivity index (χ1v) is 16.1. The minimum absolute atomic E-state index is 0.0774. The monoisotopic (exact) mass is 647 g/mol. The minimum atomic E-state index is -0.455. The predicted octanol–water partition coefficient (Wildman–Crippen LogP) is 11.5. The van der Waals surface area contributed by atoms with Crippen molar-refractivity contribution in [3.63, 3.8) is 0 Å². The fourth-order valence-corrected chi connectivity index (χ4v) is 6.60. The number of hydrogen-bond acceptors (Lipinski definition) is 4. The summed E-state index contributed by atoms with van der Waals surface area (Å²) in [5.41, 5.74) is 6.27. The molecule has 0 N–H and O–H groups in total. The Hall–Kier alpha value is -6.85. The van der Waals surface area contributed by atoms with Gasteiger partial charge in [0.15, 0.2) is 23.1 Å². The number of furan rings is 1. The molecule has 0 bridgehead atoms. The molecule has 0 amide bonds. The Morgan fingerprint density at radius 1 is 0.440 bits per heavy atom. The molecule has 0 aliphatic carbocycles. The lowest BCUT2D eigenvalue weighted by Gasteiger charge is -2.09. The third-order valence-corrected chi connectivity index (χ3v) is 8.97. The van der Waals surface area contributed by atoms with Gasteiger partial charge in [0, 0.05) is 38.2 Å². The first-order chi connectivity index (χ1) is 27.7. The number of aromatic nitrogens is 4. The van der Waals surface area contributed by atoms with Gasteiger partial charge in [-0.2, -0.15) is 0 Å². The molecule has 0 fully saturated rings. The molecule has 7 aromatic carbocycles. The number of nitrogens with zero attached hydrogens (tertiary/aromatic N) is 4. The lowest BCUT2D eigenvalue weighted by Crippen LogP contribution is -2.00.